The van der Waals surface area contributed by atoms with Crippen molar-refractivity contribution < 1.29 is 23.9 Å². The summed E-state index contributed by atoms with van der Waals surface area (Å²) in [7, 11) is 1.24. The molecule has 1 fully saturated rings. The summed E-state index contributed by atoms with van der Waals surface area (Å²) in [6.45, 7) is 7.39. The van der Waals surface area contributed by atoms with Gasteiger partial charge in [-0.3, -0.25) is 14.6 Å². The lowest BCUT2D eigenvalue weighted by atomic mass is 10.0. The van der Waals surface area contributed by atoms with Gasteiger partial charge in [-0.25, -0.2) is 14.6 Å². The van der Waals surface area contributed by atoms with Crippen molar-refractivity contribution in [2.24, 2.45) is 5.92 Å². The number of likely N-dealkylation sites (tertiary alicyclic amines) is 1. The minimum absolute atomic E-state index is 0.0842. The lowest BCUT2D eigenvalue weighted by molar-refractivity contribution is -0.146. The quantitative estimate of drug-likeness (QED) is 0.516. The number of rotatable bonds is 7. The topological polar surface area (TPSA) is 143 Å². The zero-order valence-corrected chi connectivity index (χ0v) is 18.4. The maximum absolute atomic E-state index is 13.2. The molecular weight excluding hydrogens is 404 g/mol. The largest absolute Gasteiger partial charge is 0.467 e. The van der Waals surface area contributed by atoms with Crippen molar-refractivity contribution in [1.82, 2.24) is 30.8 Å². The second-order valence-corrected chi connectivity index (χ2v) is 7.96. The fourth-order valence-electron chi connectivity index (χ4n) is 3.39. The Morgan fingerprint density at radius 1 is 1.13 bits per heavy atom. The second kappa shape index (κ2) is 10.7. The number of hydrogen-bond acceptors (Lipinski definition) is 7. The van der Waals surface area contributed by atoms with Crippen molar-refractivity contribution in [2.45, 2.75) is 58.3 Å². The van der Waals surface area contributed by atoms with E-state index in [9.17, 15) is 19.2 Å². The van der Waals surface area contributed by atoms with Crippen LogP contribution >= 0.6 is 0 Å². The van der Waals surface area contributed by atoms with Crippen LogP contribution in [0.3, 0.4) is 0 Å². The molecule has 0 bridgehead atoms. The number of nitrogens with zero attached hydrogens (tertiary/aromatic N) is 3. The van der Waals surface area contributed by atoms with E-state index in [1.54, 1.807) is 13.8 Å². The van der Waals surface area contributed by atoms with Crippen LogP contribution in [0.25, 0.3) is 0 Å². The molecule has 3 atom stereocenters. The zero-order valence-electron chi connectivity index (χ0n) is 18.4. The second-order valence-electron chi connectivity index (χ2n) is 7.96. The minimum Gasteiger partial charge on any atom is -0.467 e. The SMILES string of the molecule is COC(=O)[C@H](NC(=O)[C@@H]1[C@@H](NC(=O)NC(C)C)CCN1C(=O)c1cnccn1)C(C)C. The first-order valence-corrected chi connectivity index (χ1v) is 10.2. The van der Waals surface area contributed by atoms with E-state index in [1.165, 1.54) is 30.6 Å². The van der Waals surface area contributed by atoms with Gasteiger partial charge in [0, 0.05) is 25.0 Å². The summed E-state index contributed by atoms with van der Waals surface area (Å²) >= 11 is 0. The molecule has 0 radical (unpaired) electrons. The Morgan fingerprint density at radius 3 is 2.39 bits per heavy atom. The van der Waals surface area contributed by atoms with Crippen LogP contribution in [0.4, 0.5) is 4.79 Å². The van der Waals surface area contributed by atoms with Crippen LogP contribution in [0, 0.1) is 5.92 Å². The molecule has 0 spiro atoms. The van der Waals surface area contributed by atoms with Gasteiger partial charge in [0.15, 0.2) is 0 Å². The molecule has 1 aromatic rings. The Balaban J connectivity index is 2.29. The molecule has 31 heavy (non-hydrogen) atoms. The summed E-state index contributed by atoms with van der Waals surface area (Å²) in [4.78, 5) is 59.8. The Morgan fingerprint density at radius 2 is 1.84 bits per heavy atom. The Hall–Kier alpha value is -3.24. The molecule has 1 aliphatic rings. The third-order valence-corrected chi connectivity index (χ3v) is 4.87. The van der Waals surface area contributed by atoms with Crippen LogP contribution in [0.1, 0.15) is 44.6 Å². The van der Waals surface area contributed by atoms with Crippen LogP contribution in [-0.2, 0) is 14.3 Å². The summed E-state index contributed by atoms with van der Waals surface area (Å²) in [6.07, 6.45) is 4.50. The van der Waals surface area contributed by atoms with E-state index in [0.717, 1.165) is 0 Å². The third kappa shape index (κ3) is 6.12. The fraction of sp³-hybridized carbons (Fsp3) is 0.600. The molecule has 4 amide bonds. The van der Waals surface area contributed by atoms with Crippen LogP contribution < -0.4 is 16.0 Å². The predicted molar refractivity (Wildman–Crippen MR) is 111 cm³/mol. The number of nitrogens with one attached hydrogen (secondary N) is 3. The molecule has 2 rings (SSSR count). The molecule has 0 aliphatic carbocycles. The van der Waals surface area contributed by atoms with Gasteiger partial charge >= 0.3 is 12.0 Å². The molecule has 1 aromatic heterocycles. The van der Waals surface area contributed by atoms with Gasteiger partial charge in [0.1, 0.15) is 17.8 Å². The molecule has 0 saturated carbocycles. The molecular formula is C20H30N6O5. The van der Waals surface area contributed by atoms with Crippen LogP contribution in [0.2, 0.25) is 0 Å². The lowest BCUT2D eigenvalue weighted by Crippen LogP contribution is -2.59. The number of esters is 1. The van der Waals surface area contributed by atoms with Gasteiger partial charge in [0.25, 0.3) is 5.91 Å². The maximum atomic E-state index is 13.2. The molecule has 0 unspecified atom stereocenters. The van der Waals surface area contributed by atoms with Gasteiger partial charge in [-0.05, 0) is 26.2 Å². The van der Waals surface area contributed by atoms with E-state index in [4.69, 9.17) is 4.74 Å². The van der Waals surface area contributed by atoms with Gasteiger partial charge in [0.05, 0.1) is 19.3 Å². The van der Waals surface area contributed by atoms with Gasteiger partial charge in [-0.2, -0.15) is 0 Å². The normalized spacial score (nSPS) is 19.1. The first-order chi connectivity index (χ1) is 14.6. The molecule has 170 valence electrons. The van der Waals surface area contributed by atoms with Crippen molar-refractivity contribution in [3.8, 4) is 0 Å². The highest BCUT2D eigenvalue weighted by atomic mass is 16.5. The zero-order chi connectivity index (χ0) is 23.1. The highest BCUT2D eigenvalue weighted by Crippen LogP contribution is 2.21. The van der Waals surface area contributed by atoms with Crippen molar-refractivity contribution in [3.63, 3.8) is 0 Å². The highest BCUT2D eigenvalue weighted by molar-refractivity contribution is 5.98. The summed E-state index contributed by atoms with van der Waals surface area (Å²) < 4.78 is 4.78. The average Bonchev–Trinajstić information content (AvgIpc) is 3.13. The number of urea groups is 1. The molecule has 11 heteroatoms. The number of methoxy groups -OCH3 is 1. The first-order valence-electron chi connectivity index (χ1n) is 10.2. The monoisotopic (exact) mass is 434 g/mol. The van der Waals surface area contributed by atoms with Gasteiger partial charge < -0.3 is 25.6 Å². The Bertz CT molecular complexity index is 801. The first kappa shape index (κ1) is 24.0. The summed E-state index contributed by atoms with van der Waals surface area (Å²) in [5, 5.41) is 8.15. The molecule has 3 N–H and O–H groups in total. The number of aromatic nitrogens is 2. The van der Waals surface area contributed by atoms with Crippen molar-refractivity contribution in [2.75, 3.05) is 13.7 Å². The number of ether oxygens (including phenoxy) is 1. The molecule has 1 aliphatic heterocycles. The minimum atomic E-state index is -1.03. The number of carbonyl (C=O) groups excluding carboxylic acids is 4. The van der Waals surface area contributed by atoms with E-state index in [2.05, 4.69) is 25.9 Å². The number of hydrogen-bond donors (Lipinski definition) is 3. The van der Waals surface area contributed by atoms with Crippen molar-refractivity contribution in [1.29, 1.82) is 0 Å². The molecule has 0 aromatic carbocycles. The van der Waals surface area contributed by atoms with Crippen LogP contribution in [0.5, 0.6) is 0 Å². The Labute approximate surface area is 181 Å². The van der Waals surface area contributed by atoms with Gasteiger partial charge in [0.2, 0.25) is 5.91 Å². The standard InChI is InChI=1S/C20H30N6O5/c1-11(2)15(19(29)31-5)25-17(27)16-13(24-20(30)23-12(3)4)6-9-26(16)18(28)14-10-21-7-8-22-14/h7-8,10-13,15-16H,6,9H2,1-5H3,(H,25,27)(H2,23,24,30)/t13-,15+,16-/m0/s1. The van der Waals surface area contributed by atoms with E-state index in [-0.39, 0.29) is 24.2 Å². The Kier molecular flexibility index (Phi) is 8.29. The number of carbonyl (C=O) groups is 4. The van der Waals surface area contributed by atoms with Crippen molar-refractivity contribution >= 4 is 23.8 Å². The average molecular weight is 434 g/mol. The van der Waals surface area contributed by atoms with Gasteiger partial charge in [-0.15, -0.1) is 0 Å². The highest BCUT2D eigenvalue weighted by Gasteiger charge is 2.44. The van der Waals surface area contributed by atoms with E-state index in [1.807, 2.05) is 13.8 Å². The lowest BCUT2D eigenvalue weighted by Gasteiger charge is -2.30. The maximum Gasteiger partial charge on any atom is 0.328 e. The van der Waals surface area contributed by atoms with Crippen molar-refractivity contribution in [3.05, 3.63) is 24.3 Å². The molecule has 1 saturated heterocycles. The van der Waals surface area contributed by atoms with Gasteiger partial charge in [-0.1, -0.05) is 13.8 Å². The smallest absolute Gasteiger partial charge is 0.328 e. The predicted octanol–water partition coefficient (Wildman–Crippen LogP) is 0.0811. The van der Waals surface area contributed by atoms with Crippen LogP contribution in [-0.4, -0.2) is 76.5 Å². The summed E-state index contributed by atoms with van der Waals surface area (Å²) in [6, 6.07) is -3.12. The van der Waals surface area contributed by atoms with Crippen LogP contribution in [0.15, 0.2) is 18.6 Å². The number of amides is 4. The van der Waals surface area contributed by atoms with E-state index < -0.39 is 41.9 Å². The summed E-state index contributed by atoms with van der Waals surface area (Å²) in [5.41, 5.74) is 0.0842. The fourth-order valence-corrected chi connectivity index (χ4v) is 3.39. The molecule has 2 heterocycles. The molecule has 11 nitrogen and oxygen atoms in total. The third-order valence-electron chi connectivity index (χ3n) is 4.87. The van der Waals surface area contributed by atoms with E-state index >= 15 is 0 Å². The summed E-state index contributed by atoms with van der Waals surface area (Å²) in [5.74, 6) is -1.87. The van der Waals surface area contributed by atoms with E-state index in [0.29, 0.717) is 6.42 Å².